The van der Waals surface area contributed by atoms with Gasteiger partial charge in [0.05, 0.1) is 18.7 Å². The van der Waals surface area contributed by atoms with Gasteiger partial charge in [-0.05, 0) is 47.0 Å². The van der Waals surface area contributed by atoms with Crippen molar-refractivity contribution in [3.63, 3.8) is 0 Å². The van der Waals surface area contributed by atoms with Crippen molar-refractivity contribution in [2.24, 2.45) is 0 Å². The molecule has 0 aromatic heterocycles. The van der Waals surface area contributed by atoms with Crippen LogP contribution in [0.5, 0.6) is 5.75 Å². The second-order valence-corrected chi connectivity index (χ2v) is 8.75. The van der Waals surface area contributed by atoms with E-state index in [2.05, 4.69) is 0 Å². The molecule has 1 fully saturated rings. The first-order valence-corrected chi connectivity index (χ1v) is 11.4. The predicted octanol–water partition coefficient (Wildman–Crippen LogP) is 5.78. The fourth-order valence-corrected chi connectivity index (χ4v) is 4.65. The minimum atomic E-state index is -0.705. The molecule has 0 aliphatic carbocycles. The van der Waals surface area contributed by atoms with Crippen LogP contribution in [-0.4, -0.2) is 28.8 Å². The average Bonchev–Trinajstić information content (AvgIpc) is 3.13. The molecule has 4 aromatic carbocycles. The number of fused-ring (bicyclic) bond motifs is 1. The standard InChI is InChI=1S/C30H25NO4/c1-19-6-5-9-23(16-19)27-26(28(32)24-13-12-21-7-3-4-8-22(21)17-24)29(33)30(34)31(27)18-20-10-14-25(35-2)15-11-20/h3-17,27,32H,18H2,1-2H3/b28-26-. The number of amides is 1. The number of carbonyl (C=O) groups is 2. The Labute approximate surface area is 203 Å². The van der Waals surface area contributed by atoms with E-state index in [0.717, 1.165) is 27.5 Å². The lowest BCUT2D eigenvalue weighted by molar-refractivity contribution is -0.140. The number of ether oxygens (including phenoxy) is 1. The molecule has 35 heavy (non-hydrogen) atoms. The molecule has 1 N–H and O–H groups in total. The van der Waals surface area contributed by atoms with Gasteiger partial charge in [-0.2, -0.15) is 0 Å². The average molecular weight is 464 g/mol. The van der Waals surface area contributed by atoms with Gasteiger partial charge in [-0.25, -0.2) is 0 Å². The summed E-state index contributed by atoms with van der Waals surface area (Å²) in [6, 6.07) is 27.7. The van der Waals surface area contributed by atoms with E-state index in [1.807, 2.05) is 91.9 Å². The van der Waals surface area contributed by atoms with E-state index >= 15 is 0 Å². The van der Waals surface area contributed by atoms with Crippen molar-refractivity contribution in [3.05, 3.63) is 119 Å². The summed E-state index contributed by atoms with van der Waals surface area (Å²) in [5.74, 6) is -0.773. The van der Waals surface area contributed by atoms with E-state index in [4.69, 9.17) is 4.74 Å². The number of ketones is 1. The van der Waals surface area contributed by atoms with Crippen LogP contribution in [0.2, 0.25) is 0 Å². The maximum atomic E-state index is 13.3. The van der Waals surface area contributed by atoms with Gasteiger partial charge in [0.25, 0.3) is 11.7 Å². The van der Waals surface area contributed by atoms with Gasteiger partial charge in [-0.3, -0.25) is 9.59 Å². The molecule has 1 atom stereocenters. The number of nitrogens with zero attached hydrogens (tertiary/aromatic N) is 1. The van der Waals surface area contributed by atoms with Gasteiger partial charge in [0.1, 0.15) is 11.5 Å². The van der Waals surface area contributed by atoms with Crippen LogP contribution in [0.15, 0.2) is 96.6 Å². The van der Waals surface area contributed by atoms with E-state index in [1.54, 1.807) is 13.2 Å². The van der Waals surface area contributed by atoms with Crippen LogP contribution in [0.4, 0.5) is 0 Å². The molecule has 1 amide bonds. The molecule has 0 spiro atoms. The quantitative estimate of drug-likeness (QED) is 0.232. The van der Waals surface area contributed by atoms with Gasteiger partial charge < -0.3 is 14.7 Å². The Balaban J connectivity index is 1.64. The number of aliphatic hydroxyl groups is 1. The molecule has 0 radical (unpaired) electrons. The summed E-state index contributed by atoms with van der Waals surface area (Å²) in [7, 11) is 1.60. The third-order valence-electron chi connectivity index (χ3n) is 6.43. The number of benzene rings is 4. The number of methoxy groups -OCH3 is 1. The normalized spacial score (nSPS) is 17.2. The van der Waals surface area contributed by atoms with E-state index in [-0.39, 0.29) is 17.9 Å². The van der Waals surface area contributed by atoms with Crippen LogP contribution in [-0.2, 0) is 16.1 Å². The number of likely N-dealkylation sites (tertiary alicyclic amines) is 1. The van der Waals surface area contributed by atoms with Crippen LogP contribution in [0, 0.1) is 6.92 Å². The van der Waals surface area contributed by atoms with Crippen molar-refractivity contribution in [3.8, 4) is 5.75 Å². The van der Waals surface area contributed by atoms with Crippen molar-refractivity contribution in [2.45, 2.75) is 19.5 Å². The van der Waals surface area contributed by atoms with Gasteiger partial charge in [-0.1, -0.05) is 78.4 Å². The number of hydrogen-bond acceptors (Lipinski definition) is 4. The maximum Gasteiger partial charge on any atom is 0.295 e. The van der Waals surface area contributed by atoms with Crippen molar-refractivity contribution in [1.29, 1.82) is 0 Å². The van der Waals surface area contributed by atoms with Crippen molar-refractivity contribution < 1.29 is 19.4 Å². The molecule has 1 unspecified atom stereocenters. The SMILES string of the molecule is COc1ccc(CN2C(=O)C(=O)/C(=C(\O)c3ccc4ccccc4c3)C2c2cccc(C)c2)cc1. The Bertz CT molecular complexity index is 1470. The predicted molar refractivity (Wildman–Crippen MR) is 136 cm³/mol. The van der Waals surface area contributed by atoms with Gasteiger partial charge in [-0.15, -0.1) is 0 Å². The highest BCUT2D eigenvalue weighted by atomic mass is 16.5. The molecular weight excluding hydrogens is 438 g/mol. The number of rotatable bonds is 5. The highest BCUT2D eigenvalue weighted by Crippen LogP contribution is 2.40. The first-order chi connectivity index (χ1) is 17.0. The second-order valence-electron chi connectivity index (χ2n) is 8.75. The smallest absolute Gasteiger partial charge is 0.295 e. The zero-order valence-corrected chi connectivity index (χ0v) is 19.6. The van der Waals surface area contributed by atoms with Crippen LogP contribution in [0.25, 0.3) is 16.5 Å². The minimum absolute atomic E-state index is 0.101. The Morgan fingerprint density at radius 1 is 0.886 bits per heavy atom. The molecule has 0 bridgehead atoms. The Hall–Kier alpha value is -4.38. The molecule has 5 heteroatoms. The number of aliphatic hydroxyl groups excluding tert-OH is 1. The zero-order valence-electron chi connectivity index (χ0n) is 19.6. The highest BCUT2D eigenvalue weighted by molar-refractivity contribution is 6.46. The van der Waals surface area contributed by atoms with Crippen molar-refractivity contribution in [2.75, 3.05) is 7.11 Å². The minimum Gasteiger partial charge on any atom is -0.507 e. The Morgan fingerprint density at radius 3 is 2.34 bits per heavy atom. The molecule has 1 aliphatic rings. The summed E-state index contributed by atoms with van der Waals surface area (Å²) >= 11 is 0. The summed E-state index contributed by atoms with van der Waals surface area (Å²) in [6.07, 6.45) is 0. The molecule has 1 heterocycles. The molecule has 1 aliphatic heterocycles. The maximum absolute atomic E-state index is 13.3. The monoisotopic (exact) mass is 463 g/mol. The number of Topliss-reactive ketones (excluding diaryl/α,β-unsaturated/α-hetero) is 1. The molecule has 4 aromatic rings. The Morgan fingerprint density at radius 2 is 1.63 bits per heavy atom. The topological polar surface area (TPSA) is 66.8 Å². The lowest BCUT2D eigenvalue weighted by Gasteiger charge is -2.26. The summed E-state index contributed by atoms with van der Waals surface area (Å²) in [5.41, 5.74) is 3.24. The molecular formula is C30H25NO4. The first-order valence-electron chi connectivity index (χ1n) is 11.4. The van der Waals surface area contributed by atoms with Crippen LogP contribution >= 0.6 is 0 Å². The summed E-state index contributed by atoms with van der Waals surface area (Å²) in [4.78, 5) is 28.1. The number of aryl methyl sites for hydroxylation is 1. The van der Waals surface area contributed by atoms with Crippen LogP contribution < -0.4 is 4.74 Å². The van der Waals surface area contributed by atoms with Crippen molar-refractivity contribution in [1.82, 2.24) is 4.90 Å². The summed E-state index contributed by atoms with van der Waals surface area (Å²) in [5, 5.41) is 13.4. The third kappa shape index (κ3) is 4.17. The van der Waals surface area contributed by atoms with E-state index in [1.165, 1.54) is 4.90 Å². The summed E-state index contributed by atoms with van der Waals surface area (Å²) in [6.45, 7) is 2.18. The first kappa shape index (κ1) is 22.4. The zero-order chi connectivity index (χ0) is 24.5. The van der Waals surface area contributed by atoms with Gasteiger partial charge >= 0.3 is 0 Å². The van der Waals surface area contributed by atoms with E-state index < -0.39 is 17.7 Å². The summed E-state index contributed by atoms with van der Waals surface area (Å²) < 4.78 is 5.23. The molecule has 1 saturated heterocycles. The lowest BCUT2D eigenvalue weighted by Crippen LogP contribution is -2.29. The highest BCUT2D eigenvalue weighted by Gasteiger charge is 2.46. The van der Waals surface area contributed by atoms with Crippen LogP contribution in [0.3, 0.4) is 0 Å². The molecule has 0 saturated carbocycles. The van der Waals surface area contributed by atoms with Gasteiger partial charge in [0.2, 0.25) is 0 Å². The molecule has 5 rings (SSSR count). The van der Waals surface area contributed by atoms with Gasteiger partial charge in [0.15, 0.2) is 0 Å². The van der Waals surface area contributed by atoms with E-state index in [9.17, 15) is 14.7 Å². The Kier molecular flexibility index (Phi) is 5.83. The fourth-order valence-electron chi connectivity index (χ4n) is 4.65. The van der Waals surface area contributed by atoms with Gasteiger partial charge in [0, 0.05) is 12.1 Å². The van der Waals surface area contributed by atoms with Crippen LogP contribution in [0.1, 0.15) is 28.3 Å². The fraction of sp³-hybridized carbons (Fsp3) is 0.133. The lowest BCUT2D eigenvalue weighted by atomic mass is 9.93. The molecule has 5 nitrogen and oxygen atoms in total. The number of hydrogen-bond donors (Lipinski definition) is 1. The number of carbonyl (C=O) groups excluding carboxylic acids is 2. The largest absolute Gasteiger partial charge is 0.507 e. The third-order valence-corrected chi connectivity index (χ3v) is 6.43. The molecule has 174 valence electrons. The van der Waals surface area contributed by atoms with E-state index in [0.29, 0.717) is 11.3 Å². The second kappa shape index (κ2) is 9.11. The van der Waals surface area contributed by atoms with Crippen molar-refractivity contribution >= 4 is 28.2 Å².